The summed E-state index contributed by atoms with van der Waals surface area (Å²) in [6.07, 6.45) is 2.15. The molecule has 0 spiro atoms. The van der Waals surface area contributed by atoms with Crippen LogP contribution in [0.3, 0.4) is 0 Å². The fraction of sp³-hybridized carbons (Fsp3) is 0.269. The second-order valence-corrected chi connectivity index (χ2v) is 8.70. The lowest BCUT2D eigenvalue weighted by atomic mass is 9.98. The second kappa shape index (κ2) is 8.57. The lowest BCUT2D eigenvalue weighted by Gasteiger charge is -2.41. The van der Waals surface area contributed by atoms with E-state index in [2.05, 4.69) is 73.1 Å². The van der Waals surface area contributed by atoms with Crippen LogP contribution in [0.2, 0.25) is 0 Å². The summed E-state index contributed by atoms with van der Waals surface area (Å²) in [4.78, 5) is 4.53. The molecule has 0 radical (unpaired) electrons. The van der Waals surface area contributed by atoms with Crippen LogP contribution in [-0.4, -0.2) is 50.8 Å². The molecule has 1 aromatic heterocycles. The number of benzene rings is 2. The molecule has 0 atom stereocenters. The highest BCUT2D eigenvalue weighted by molar-refractivity contribution is 6.10. The SMILES string of the molecule is C=N/N=C1/c2cc(-c3ccc(C#N)cc3)cn2Cc2cc(N3CC(CNC)C3)ccc2N1C. The summed E-state index contributed by atoms with van der Waals surface area (Å²) in [5.74, 6) is 1.47. The molecule has 1 saturated heterocycles. The van der Waals surface area contributed by atoms with Gasteiger partial charge in [0, 0.05) is 69.0 Å². The zero-order chi connectivity index (χ0) is 22.9. The van der Waals surface area contributed by atoms with Gasteiger partial charge in [0.15, 0.2) is 5.84 Å². The van der Waals surface area contributed by atoms with Gasteiger partial charge in [-0.1, -0.05) is 12.1 Å². The Bertz CT molecular complexity index is 1260. The van der Waals surface area contributed by atoms with E-state index in [9.17, 15) is 0 Å². The molecule has 0 saturated carbocycles. The third-order valence-corrected chi connectivity index (χ3v) is 6.54. The molecule has 0 bridgehead atoms. The van der Waals surface area contributed by atoms with Gasteiger partial charge in [-0.15, -0.1) is 5.10 Å². The number of fused-ring (bicyclic) bond motifs is 2. The lowest BCUT2D eigenvalue weighted by Crippen LogP contribution is -2.50. The minimum absolute atomic E-state index is 0.654. The van der Waals surface area contributed by atoms with Gasteiger partial charge in [0.1, 0.15) is 0 Å². The normalized spacial score (nSPS) is 16.6. The molecule has 2 aliphatic rings. The lowest BCUT2D eigenvalue weighted by molar-refractivity contribution is 0.397. The maximum absolute atomic E-state index is 9.11. The molecule has 5 rings (SSSR count). The van der Waals surface area contributed by atoms with Gasteiger partial charge in [0.2, 0.25) is 0 Å². The summed E-state index contributed by atoms with van der Waals surface area (Å²) in [6, 6.07) is 18.7. The van der Waals surface area contributed by atoms with Crippen LogP contribution in [0.1, 0.15) is 16.8 Å². The first-order chi connectivity index (χ1) is 16.1. The van der Waals surface area contributed by atoms with Crippen LogP contribution in [0.5, 0.6) is 0 Å². The molecule has 1 N–H and O–H groups in total. The molecular formula is C26H27N7. The Balaban J connectivity index is 1.52. The van der Waals surface area contributed by atoms with Crippen LogP contribution >= 0.6 is 0 Å². The third kappa shape index (κ3) is 3.79. The predicted octanol–water partition coefficient (Wildman–Crippen LogP) is 3.54. The Hall–Kier alpha value is -3.89. The zero-order valence-electron chi connectivity index (χ0n) is 19.0. The van der Waals surface area contributed by atoms with Crippen molar-refractivity contribution in [2.45, 2.75) is 6.54 Å². The van der Waals surface area contributed by atoms with Crippen LogP contribution in [0.15, 0.2) is 64.9 Å². The first-order valence-electron chi connectivity index (χ1n) is 11.1. The number of nitrogens with zero attached hydrogens (tertiary/aromatic N) is 6. The van der Waals surface area contributed by atoms with E-state index in [4.69, 9.17) is 5.26 Å². The zero-order valence-corrected chi connectivity index (χ0v) is 19.0. The summed E-state index contributed by atoms with van der Waals surface area (Å²) < 4.78 is 2.23. The molecule has 0 amide bonds. The number of aromatic nitrogens is 1. The van der Waals surface area contributed by atoms with Crippen molar-refractivity contribution in [2.24, 2.45) is 16.1 Å². The number of amidine groups is 1. The van der Waals surface area contributed by atoms with E-state index in [1.165, 1.54) is 11.3 Å². The van der Waals surface area contributed by atoms with Gasteiger partial charge in [-0.3, -0.25) is 0 Å². The quantitative estimate of drug-likeness (QED) is 0.490. The second-order valence-electron chi connectivity index (χ2n) is 8.70. The van der Waals surface area contributed by atoms with Crippen LogP contribution < -0.4 is 15.1 Å². The van der Waals surface area contributed by atoms with Gasteiger partial charge in [-0.2, -0.15) is 10.4 Å². The maximum Gasteiger partial charge on any atom is 0.179 e. The average molecular weight is 438 g/mol. The minimum atomic E-state index is 0.654. The molecule has 33 heavy (non-hydrogen) atoms. The Morgan fingerprint density at radius 2 is 1.91 bits per heavy atom. The molecule has 166 valence electrons. The largest absolute Gasteiger partial charge is 0.371 e. The van der Waals surface area contributed by atoms with Gasteiger partial charge in [-0.05, 0) is 54.6 Å². The van der Waals surface area contributed by atoms with Crippen molar-refractivity contribution in [2.75, 3.05) is 43.5 Å². The van der Waals surface area contributed by atoms with Crippen LogP contribution in [0, 0.1) is 17.2 Å². The first-order valence-corrected chi connectivity index (χ1v) is 11.1. The van der Waals surface area contributed by atoms with Gasteiger partial charge in [0.25, 0.3) is 0 Å². The Morgan fingerprint density at radius 3 is 2.61 bits per heavy atom. The predicted molar refractivity (Wildman–Crippen MR) is 134 cm³/mol. The summed E-state index contributed by atoms with van der Waals surface area (Å²) in [6.45, 7) is 7.56. The molecule has 2 aromatic carbocycles. The molecule has 7 heteroatoms. The van der Waals surface area contributed by atoms with E-state index < -0.39 is 0 Å². The molecule has 1 fully saturated rings. The van der Waals surface area contributed by atoms with E-state index in [1.54, 1.807) is 0 Å². The van der Waals surface area contributed by atoms with E-state index in [0.717, 1.165) is 54.5 Å². The number of nitriles is 1. The van der Waals surface area contributed by atoms with Gasteiger partial charge in [-0.25, -0.2) is 0 Å². The number of hydrogen-bond donors (Lipinski definition) is 1. The summed E-state index contributed by atoms with van der Waals surface area (Å²) in [5, 5.41) is 20.6. The molecule has 3 aromatic rings. The van der Waals surface area contributed by atoms with Crippen LogP contribution in [0.4, 0.5) is 11.4 Å². The van der Waals surface area contributed by atoms with Crippen molar-refractivity contribution in [3.8, 4) is 17.2 Å². The summed E-state index contributed by atoms with van der Waals surface area (Å²) in [5.41, 5.74) is 7.41. The van der Waals surface area contributed by atoms with Crippen molar-refractivity contribution < 1.29 is 0 Å². The van der Waals surface area contributed by atoms with E-state index >= 15 is 0 Å². The Labute approximate surface area is 194 Å². The Kier molecular flexibility index (Phi) is 5.45. The highest BCUT2D eigenvalue weighted by atomic mass is 15.3. The van der Waals surface area contributed by atoms with Crippen LogP contribution in [-0.2, 0) is 6.54 Å². The van der Waals surface area contributed by atoms with Crippen molar-refractivity contribution >= 4 is 23.9 Å². The third-order valence-electron chi connectivity index (χ3n) is 6.54. The fourth-order valence-electron chi connectivity index (χ4n) is 4.80. The maximum atomic E-state index is 9.11. The number of nitrogens with one attached hydrogen (secondary N) is 1. The van der Waals surface area contributed by atoms with Crippen molar-refractivity contribution in [1.29, 1.82) is 5.26 Å². The molecule has 3 heterocycles. The van der Waals surface area contributed by atoms with E-state index in [-0.39, 0.29) is 0 Å². The first kappa shape index (κ1) is 21.0. The molecular weight excluding hydrogens is 410 g/mol. The highest BCUT2D eigenvalue weighted by Gasteiger charge is 2.29. The topological polar surface area (TPSA) is 71.9 Å². The number of rotatable bonds is 5. The molecule has 7 nitrogen and oxygen atoms in total. The van der Waals surface area contributed by atoms with E-state index in [0.29, 0.717) is 11.5 Å². The highest BCUT2D eigenvalue weighted by Crippen LogP contribution is 2.35. The minimum Gasteiger partial charge on any atom is -0.371 e. The van der Waals surface area contributed by atoms with Crippen molar-refractivity contribution in [3.05, 3.63) is 71.5 Å². The van der Waals surface area contributed by atoms with Crippen molar-refractivity contribution in [1.82, 2.24) is 9.88 Å². The average Bonchev–Trinajstić information content (AvgIpc) is 3.18. The smallest absolute Gasteiger partial charge is 0.179 e. The van der Waals surface area contributed by atoms with Gasteiger partial charge >= 0.3 is 0 Å². The molecule has 0 unspecified atom stereocenters. The fourth-order valence-corrected chi connectivity index (χ4v) is 4.80. The standard InChI is InChI=1S/C26H27N7/c1-28-13-19-14-32(15-19)23-8-9-24-22(10-23)17-33-16-21(20-6-4-18(12-27)5-7-20)11-25(33)26(30-29-2)31(24)3/h4-11,16,19,28H,2,13-15,17H2,1,3H3/b30-26-. The summed E-state index contributed by atoms with van der Waals surface area (Å²) >= 11 is 0. The molecule has 2 aliphatic heterocycles. The van der Waals surface area contributed by atoms with Crippen LogP contribution in [0.25, 0.3) is 11.1 Å². The number of hydrogen-bond acceptors (Lipinski definition) is 5. The van der Waals surface area contributed by atoms with Gasteiger partial charge in [0.05, 0.1) is 17.3 Å². The van der Waals surface area contributed by atoms with Crippen molar-refractivity contribution in [3.63, 3.8) is 0 Å². The monoisotopic (exact) mass is 437 g/mol. The van der Waals surface area contributed by atoms with E-state index in [1.807, 2.05) is 38.4 Å². The molecule has 0 aliphatic carbocycles. The Morgan fingerprint density at radius 1 is 1.12 bits per heavy atom. The van der Waals surface area contributed by atoms with Gasteiger partial charge < -0.3 is 19.7 Å². The summed E-state index contributed by atoms with van der Waals surface area (Å²) in [7, 11) is 4.04. The number of anilines is 2.